The van der Waals surface area contributed by atoms with Crippen molar-refractivity contribution in [3.8, 4) is 0 Å². The van der Waals surface area contributed by atoms with Crippen molar-refractivity contribution in [2.75, 3.05) is 5.32 Å². The predicted molar refractivity (Wildman–Crippen MR) is 87.5 cm³/mol. The lowest BCUT2D eigenvalue weighted by Crippen LogP contribution is -2.31. The minimum Gasteiger partial charge on any atom is -0.331 e. The number of hydrogen-bond acceptors (Lipinski definition) is 1. The van der Waals surface area contributed by atoms with Gasteiger partial charge >= 0.3 is 6.03 Å². The molecule has 0 radical (unpaired) electrons. The molecule has 2 N–H and O–H groups in total. The summed E-state index contributed by atoms with van der Waals surface area (Å²) in [5.41, 5.74) is 3.15. The Hall–Kier alpha value is -2.29. The van der Waals surface area contributed by atoms with Crippen LogP contribution in [0, 0.1) is 0 Å². The largest absolute Gasteiger partial charge is 0.331 e. The summed E-state index contributed by atoms with van der Waals surface area (Å²) in [6, 6.07) is 17.6. The van der Waals surface area contributed by atoms with Gasteiger partial charge < -0.3 is 10.6 Å². The summed E-state index contributed by atoms with van der Waals surface area (Å²) in [7, 11) is 0. The van der Waals surface area contributed by atoms with Crippen molar-refractivity contribution in [1.82, 2.24) is 5.32 Å². The van der Waals surface area contributed by atoms with Crippen LogP contribution < -0.4 is 10.6 Å². The Morgan fingerprint density at radius 1 is 0.857 bits per heavy atom. The van der Waals surface area contributed by atoms with Crippen molar-refractivity contribution in [2.45, 2.75) is 32.7 Å². The Balaban J connectivity index is 1.92. The highest BCUT2D eigenvalue weighted by Gasteiger charge is 2.09. The molecule has 0 bridgehead atoms. The minimum absolute atomic E-state index is 0.0267. The number of nitrogens with one attached hydrogen (secondary N) is 2. The van der Waals surface area contributed by atoms with Gasteiger partial charge in [0.05, 0.1) is 6.04 Å². The van der Waals surface area contributed by atoms with Gasteiger partial charge in [0, 0.05) is 5.69 Å². The van der Waals surface area contributed by atoms with E-state index in [1.165, 1.54) is 5.56 Å². The van der Waals surface area contributed by atoms with Crippen LogP contribution in [0.25, 0.3) is 0 Å². The van der Waals surface area contributed by atoms with Crippen molar-refractivity contribution in [3.63, 3.8) is 0 Å². The van der Waals surface area contributed by atoms with Crippen LogP contribution in [0.4, 0.5) is 10.5 Å². The van der Waals surface area contributed by atoms with E-state index < -0.39 is 0 Å². The van der Waals surface area contributed by atoms with Crippen LogP contribution in [0.2, 0.25) is 0 Å². The molecule has 0 spiro atoms. The number of anilines is 1. The molecule has 0 saturated heterocycles. The first-order chi connectivity index (χ1) is 10.1. The Morgan fingerprint density at radius 2 is 1.48 bits per heavy atom. The molecule has 0 unspecified atom stereocenters. The van der Waals surface area contributed by atoms with Crippen LogP contribution in [0.1, 0.15) is 43.9 Å². The van der Waals surface area contributed by atoms with Gasteiger partial charge in [0.2, 0.25) is 0 Å². The van der Waals surface area contributed by atoms with Crippen LogP contribution in [0.3, 0.4) is 0 Å². The first-order valence-electron chi connectivity index (χ1n) is 7.28. The molecular weight excluding hydrogens is 260 g/mol. The van der Waals surface area contributed by atoms with Gasteiger partial charge in [-0.15, -0.1) is 0 Å². The maximum Gasteiger partial charge on any atom is 0.319 e. The van der Waals surface area contributed by atoms with Gasteiger partial charge in [-0.1, -0.05) is 56.3 Å². The number of urea groups is 1. The molecule has 3 nitrogen and oxygen atoms in total. The summed E-state index contributed by atoms with van der Waals surface area (Å²) in [6.45, 7) is 6.27. The lowest BCUT2D eigenvalue weighted by atomic mass is 10.0. The van der Waals surface area contributed by atoms with E-state index in [-0.39, 0.29) is 12.1 Å². The molecular formula is C18H22N2O. The van der Waals surface area contributed by atoms with Crippen molar-refractivity contribution in [2.24, 2.45) is 0 Å². The van der Waals surface area contributed by atoms with Gasteiger partial charge in [-0.25, -0.2) is 4.79 Å². The van der Waals surface area contributed by atoms with Crippen molar-refractivity contribution >= 4 is 11.7 Å². The predicted octanol–water partition coefficient (Wildman–Crippen LogP) is 4.69. The first-order valence-corrected chi connectivity index (χ1v) is 7.28. The van der Waals surface area contributed by atoms with E-state index in [0.717, 1.165) is 11.3 Å². The minimum atomic E-state index is -0.191. The van der Waals surface area contributed by atoms with Gasteiger partial charge in [-0.2, -0.15) is 0 Å². The smallest absolute Gasteiger partial charge is 0.319 e. The third-order valence-electron chi connectivity index (χ3n) is 3.48. The summed E-state index contributed by atoms with van der Waals surface area (Å²) in [4.78, 5) is 12.0. The fourth-order valence-electron chi connectivity index (χ4n) is 2.14. The maximum atomic E-state index is 12.0. The van der Waals surface area contributed by atoms with Crippen molar-refractivity contribution < 1.29 is 4.79 Å². The second-order valence-electron chi connectivity index (χ2n) is 5.51. The molecule has 0 saturated carbocycles. The van der Waals surface area contributed by atoms with E-state index >= 15 is 0 Å². The summed E-state index contributed by atoms with van der Waals surface area (Å²) >= 11 is 0. The maximum absolute atomic E-state index is 12.0. The monoisotopic (exact) mass is 282 g/mol. The van der Waals surface area contributed by atoms with Gasteiger partial charge in [-0.05, 0) is 36.1 Å². The van der Waals surface area contributed by atoms with Gasteiger partial charge in [0.15, 0.2) is 0 Å². The van der Waals surface area contributed by atoms with E-state index in [0.29, 0.717) is 5.92 Å². The molecule has 2 rings (SSSR count). The highest BCUT2D eigenvalue weighted by molar-refractivity contribution is 5.89. The van der Waals surface area contributed by atoms with Crippen molar-refractivity contribution in [1.29, 1.82) is 0 Å². The molecule has 0 heterocycles. The molecule has 0 aromatic heterocycles. The molecule has 2 aromatic rings. The second-order valence-corrected chi connectivity index (χ2v) is 5.51. The zero-order valence-corrected chi connectivity index (χ0v) is 12.8. The fourth-order valence-corrected chi connectivity index (χ4v) is 2.14. The number of hydrogen-bond donors (Lipinski definition) is 2. The molecule has 110 valence electrons. The topological polar surface area (TPSA) is 41.1 Å². The Kier molecular flexibility index (Phi) is 4.99. The van der Waals surface area contributed by atoms with Crippen LogP contribution in [0.5, 0.6) is 0 Å². The number of carbonyl (C=O) groups is 1. The lowest BCUT2D eigenvalue weighted by Gasteiger charge is -2.15. The summed E-state index contributed by atoms with van der Waals surface area (Å²) < 4.78 is 0. The number of rotatable bonds is 4. The van der Waals surface area contributed by atoms with Crippen molar-refractivity contribution in [3.05, 3.63) is 65.7 Å². The molecule has 1 atom stereocenters. The second kappa shape index (κ2) is 6.93. The highest BCUT2D eigenvalue weighted by Crippen LogP contribution is 2.17. The average Bonchev–Trinajstić information content (AvgIpc) is 2.48. The number of carbonyl (C=O) groups excluding carboxylic acids is 1. The van der Waals surface area contributed by atoms with Crippen LogP contribution in [-0.2, 0) is 0 Å². The van der Waals surface area contributed by atoms with E-state index in [4.69, 9.17) is 0 Å². The van der Waals surface area contributed by atoms with Gasteiger partial charge in [0.25, 0.3) is 0 Å². The molecule has 2 aromatic carbocycles. The zero-order valence-electron chi connectivity index (χ0n) is 12.8. The third kappa shape index (κ3) is 4.35. The summed E-state index contributed by atoms with van der Waals surface area (Å²) in [6.07, 6.45) is 0. The Morgan fingerprint density at radius 3 is 2.05 bits per heavy atom. The van der Waals surface area contributed by atoms with Crippen LogP contribution in [-0.4, -0.2) is 6.03 Å². The quantitative estimate of drug-likeness (QED) is 0.839. The van der Waals surface area contributed by atoms with E-state index in [1.807, 2.05) is 61.5 Å². The zero-order chi connectivity index (χ0) is 15.2. The van der Waals surface area contributed by atoms with Crippen LogP contribution in [0.15, 0.2) is 54.6 Å². The Labute approximate surface area is 126 Å². The van der Waals surface area contributed by atoms with Gasteiger partial charge in [0.1, 0.15) is 0 Å². The lowest BCUT2D eigenvalue weighted by molar-refractivity contribution is 0.249. The normalized spacial score (nSPS) is 12.0. The van der Waals surface area contributed by atoms with E-state index in [1.54, 1.807) is 0 Å². The molecule has 3 heteroatoms. The fraction of sp³-hybridized carbons (Fsp3) is 0.278. The molecule has 0 aliphatic rings. The third-order valence-corrected chi connectivity index (χ3v) is 3.48. The molecule has 21 heavy (non-hydrogen) atoms. The molecule has 2 amide bonds. The summed E-state index contributed by atoms with van der Waals surface area (Å²) in [5, 5.41) is 5.79. The average molecular weight is 282 g/mol. The molecule has 0 fully saturated rings. The molecule has 0 aliphatic carbocycles. The van der Waals surface area contributed by atoms with E-state index in [2.05, 4.69) is 24.5 Å². The number of benzene rings is 2. The summed E-state index contributed by atoms with van der Waals surface area (Å²) in [5.74, 6) is 0.492. The number of amides is 2. The first kappa shape index (κ1) is 15.1. The Bertz CT molecular complexity index is 576. The molecule has 0 aliphatic heterocycles. The van der Waals surface area contributed by atoms with E-state index in [9.17, 15) is 4.79 Å². The standard InChI is InChI=1S/C18H22N2O/c1-13(2)15-9-11-17(12-10-15)20-18(21)19-14(3)16-7-5-4-6-8-16/h4-14H,1-3H3,(H2,19,20,21)/t14-/m1/s1. The van der Waals surface area contributed by atoms with Gasteiger partial charge in [-0.3, -0.25) is 0 Å². The van der Waals surface area contributed by atoms with Crippen LogP contribution >= 0.6 is 0 Å². The SMILES string of the molecule is CC(C)c1ccc(NC(=O)N[C@H](C)c2ccccc2)cc1. The highest BCUT2D eigenvalue weighted by atomic mass is 16.2.